The van der Waals surface area contributed by atoms with Crippen molar-refractivity contribution < 1.29 is 5.11 Å². The number of rotatable bonds is 4. The second-order valence-corrected chi connectivity index (χ2v) is 6.24. The number of aliphatic hydroxyl groups excluding tert-OH is 1. The predicted molar refractivity (Wildman–Crippen MR) is 85.0 cm³/mol. The molecule has 0 aliphatic rings. The highest BCUT2D eigenvalue weighted by molar-refractivity contribution is 9.10. The molecule has 0 saturated carbocycles. The Hall–Kier alpha value is -1.13. The van der Waals surface area contributed by atoms with Crippen molar-refractivity contribution in [2.24, 2.45) is 7.05 Å². The lowest BCUT2D eigenvalue weighted by molar-refractivity contribution is 0.172. The van der Waals surface area contributed by atoms with E-state index >= 15 is 0 Å². The lowest BCUT2D eigenvalue weighted by atomic mass is 10.00. The molecule has 1 heterocycles. The van der Waals surface area contributed by atoms with Crippen molar-refractivity contribution >= 4 is 15.9 Å². The van der Waals surface area contributed by atoms with Crippen molar-refractivity contribution in [3.8, 4) is 0 Å². The van der Waals surface area contributed by atoms with E-state index in [0.717, 1.165) is 15.9 Å². The number of halogens is 1. The zero-order valence-corrected chi connectivity index (χ0v) is 14.0. The van der Waals surface area contributed by atoms with E-state index in [1.54, 1.807) is 0 Å². The van der Waals surface area contributed by atoms with Gasteiger partial charge in [-0.2, -0.15) is 5.10 Å². The Morgan fingerprint density at radius 2 is 1.90 bits per heavy atom. The molecule has 20 heavy (non-hydrogen) atoms. The molecule has 2 rings (SSSR count). The summed E-state index contributed by atoms with van der Waals surface area (Å²) in [6.07, 6.45) is 0.867. The first kappa shape index (κ1) is 15.3. The maximum absolute atomic E-state index is 10.3. The maximum Gasteiger partial charge on any atom is 0.0738 e. The zero-order chi connectivity index (χ0) is 14.9. The highest BCUT2D eigenvalue weighted by atomic mass is 79.9. The van der Waals surface area contributed by atoms with Crippen LogP contribution in [0.2, 0.25) is 0 Å². The van der Waals surface area contributed by atoms with Gasteiger partial charge in [-0.15, -0.1) is 0 Å². The standard InChI is InChI=1S/C16H21BrN2O/c1-10-5-6-13(7-11(10)2)8-14(20)9-15-16(17)12(3)18-19(15)4/h5-7,14,20H,8-9H2,1-4H3. The molecule has 1 aromatic heterocycles. The Morgan fingerprint density at radius 1 is 1.20 bits per heavy atom. The number of hydrogen-bond donors (Lipinski definition) is 1. The molecule has 1 N–H and O–H groups in total. The normalized spacial score (nSPS) is 12.7. The first-order chi connectivity index (χ1) is 9.38. The maximum atomic E-state index is 10.3. The van der Waals surface area contributed by atoms with E-state index in [-0.39, 0.29) is 0 Å². The van der Waals surface area contributed by atoms with Crippen LogP contribution in [-0.2, 0) is 19.9 Å². The molecule has 1 aromatic carbocycles. The van der Waals surface area contributed by atoms with Gasteiger partial charge < -0.3 is 5.11 Å². The fourth-order valence-corrected chi connectivity index (χ4v) is 2.90. The summed E-state index contributed by atoms with van der Waals surface area (Å²) in [6.45, 7) is 6.17. The molecule has 0 spiro atoms. The molecule has 4 heteroatoms. The molecule has 1 unspecified atom stereocenters. The highest BCUT2D eigenvalue weighted by Gasteiger charge is 2.15. The van der Waals surface area contributed by atoms with Gasteiger partial charge in [0.25, 0.3) is 0 Å². The van der Waals surface area contributed by atoms with Gasteiger partial charge in [0.05, 0.1) is 22.0 Å². The summed E-state index contributed by atoms with van der Waals surface area (Å²) in [4.78, 5) is 0. The van der Waals surface area contributed by atoms with Crippen LogP contribution in [-0.4, -0.2) is 21.0 Å². The molecule has 3 nitrogen and oxygen atoms in total. The Labute approximate surface area is 128 Å². The predicted octanol–water partition coefficient (Wildman–Crippen LogP) is 3.25. The molecular weight excluding hydrogens is 316 g/mol. The Bertz CT molecular complexity index is 619. The first-order valence-corrected chi connectivity index (χ1v) is 7.60. The largest absolute Gasteiger partial charge is 0.392 e. The smallest absolute Gasteiger partial charge is 0.0738 e. The van der Waals surface area contributed by atoms with Crippen molar-refractivity contribution in [2.45, 2.75) is 39.7 Å². The molecule has 0 bridgehead atoms. The molecule has 0 aliphatic carbocycles. The van der Waals surface area contributed by atoms with Crippen LogP contribution in [0.1, 0.15) is 28.1 Å². The lowest BCUT2D eigenvalue weighted by Crippen LogP contribution is -2.16. The van der Waals surface area contributed by atoms with Crippen LogP contribution in [0.5, 0.6) is 0 Å². The van der Waals surface area contributed by atoms with Gasteiger partial charge in [0, 0.05) is 13.5 Å². The second-order valence-electron chi connectivity index (χ2n) is 5.45. The topological polar surface area (TPSA) is 38.1 Å². The number of benzene rings is 1. The third-order valence-corrected chi connectivity index (χ3v) is 4.76. The van der Waals surface area contributed by atoms with Crippen LogP contribution >= 0.6 is 15.9 Å². The fraction of sp³-hybridized carbons (Fsp3) is 0.438. The van der Waals surface area contributed by atoms with Crippen molar-refractivity contribution in [3.05, 3.63) is 50.8 Å². The number of nitrogens with zero attached hydrogens (tertiary/aromatic N) is 2. The van der Waals surface area contributed by atoms with Gasteiger partial charge in [-0.3, -0.25) is 4.68 Å². The monoisotopic (exact) mass is 336 g/mol. The van der Waals surface area contributed by atoms with Gasteiger partial charge >= 0.3 is 0 Å². The zero-order valence-electron chi connectivity index (χ0n) is 12.4. The average molecular weight is 337 g/mol. The summed E-state index contributed by atoms with van der Waals surface area (Å²) >= 11 is 3.54. The number of aliphatic hydroxyl groups is 1. The summed E-state index contributed by atoms with van der Waals surface area (Å²) in [7, 11) is 1.91. The van der Waals surface area contributed by atoms with Crippen molar-refractivity contribution in [1.29, 1.82) is 0 Å². The van der Waals surface area contributed by atoms with E-state index in [9.17, 15) is 5.11 Å². The fourth-order valence-electron chi connectivity index (χ4n) is 2.40. The third-order valence-electron chi connectivity index (χ3n) is 3.73. The van der Waals surface area contributed by atoms with Crippen LogP contribution in [0.3, 0.4) is 0 Å². The SMILES string of the molecule is Cc1ccc(CC(O)Cc2c(Br)c(C)nn2C)cc1C. The highest BCUT2D eigenvalue weighted by Crippen LogP contribution is 2.22. The van der Waals surface area contributed by atoms with Crippen LogP contribution < -0.4 is 0 Å². The van der Waals surface area contributed by atoms with Crippen molar-refractivity contribution in [3.63, 3.8) is 0 Å². The van der Waals surface area contributed by atoms with Gasteiger partial charge in [-0.1, -0.05) is 18.2 Å². The van der Waals surface area contributed by atoms with Crippen LogP contribution in [0.4, 0.5) is 0 Å². The van der Waals surface area contributed by atoms with Crippen LogP contribution in [0, 0.1) is 20.8 Å². The summed E-state index contributed by atoms with van der Waals surface area (Å²) in [6, 6.07) is 6.36. The van der Waals surface area contributed by atoms with E-state index in [1.807, 2.05) is 18.7 Å². The van der Waals surface area contributed by atoms with E-state index in [0.29, 0.717) is 12.8 Å². The quantitative estimate of drug-likeness (QED) is 0.930. The first-order valence-electron chi connectivity index (χ1n) is 6.80. The molecule has 1 atom stereocenters. The minimum absolute atomic E-state index is 0.400. The molecule has 0 fully saturated rings. The Morgan fingerprint density at radius 3 is 2.45 bits per heavy atom. The molecular formula is C16H21BrN2O. The molecule has 0 saturated heterocycles. The number of aryl methyl sites for hydroxylation is 4. The van der Waals surface area contributed by atoms with Gasteiger partial charge in [0.15, 0.2) is 0 Å². The summed E-state index contributed by atoms with van der Waals surface area (Å²) in [5.41, 5.74) is 5.73. The van der Waals surface area contributed by atoms with Crippen molar-refractivity contribution in [2.75, 3.05) is 0 Å². The Balaban J connectivity index is 2.08. The van der Waals surface area contributed by atoms with E-state index in [4.69, 9.17) is 0 Å². The van der Waals surface area contributed by atoms with Crippen molar-refractivity contribution in [1.82, 2.24) is 9.78 Å². The van der Waals surface area contributed by atoms with E-state index in [2.05, 4.69) is 53.1 Å². The molecule has 108 valence electrons. The van der Waals surface area contributed by atoms with Gasteiger partial charge in [-0.05, 0) is 59.8 Å². The number of aromatic nitrogens is 2. The van der Waals surface area contributed by atoms with Crippen LogP contribution in [0.25, 0.3) is 0 Å². The lowest BCUT2D eigenvalue weighted by Gasteiger charge is -2.12. The second kappa shape index (κ2) is 6.10. The molecule has 2 aromatic rings. The minimum atomic E-state index is -0.400. The molecule has 0 aliphatic heterocycles. The third kappa shape index (κ3) is 3.30. The molecule has 0 radical (unpaired) electrons. The van der Waals surface area contributed by atoms with Gasteiger partial charge in [0.2, 0.25) is 0 Å². The minimum Gasteiger partial charge on any atom is -0.392 e. The van der Waals surface area contributed by atoms with Gasteiger partial charge in [0.1, 0.15) is 0 Å². The van der Waals surface area contributed by atoms with Crippen LogP contribution in [0.15, 0.2) is 22.7 Å². The Kier molecular flexibility index (Phi) is 4.66. The summed E-state index contributed by atoms with van der Waals surface area (Å²) < 4.78 is 2.84. The number of hydrogen-bond acceptors (Lipinski definition) is 2. The summed E-state index contributed by atoms with van der Waals surface area (Å²) in [5.74, 6) is 0. The summed E-state index contributed by atoms with van der Waals surface area (Å²) in [5, 5.41) is 14.7. The van der Waals surface area contributed by atoms with Gasteiger partial charge in [-0.25, -0.2) is 0 Å². The average Bonchev–Trinajstić information content (AvgIpc) is 2.61. The van der Waals surface area contributed by atoms with E-state index in [1.165, 1.54) is 16.7 Å². The molecule has 0 amide bonds. The van der Waals surface area contributed by atoms with E-state index < -0.39 is 6.10 Å².